The summed E-state index contributed by atoms with van der Waals surface area (Å²) < 4.78 is 9.62. The van der Waals surface area contributed by atoms with E-state index < -0.39 is 24.0 Å². The maximum absolute atomic E-state index is 11.9. The third-order valence-corrected chi connectivity index (χ3v) is 3.06. The number of ether oxygens (including phenoxy) is 2. The van der Waals surface area contributed by atoms with Crippen LogP contribution in [0.3, 0.4) is 0 Å². The van der Waals surface area contributed by atoms with Crippen LogP contribution in [-0.2, 0) is 19.1 Å². The molecular formula is C14H16Cl2O5. The van der Waals surface area contributed by atoms with Gasteiger partial charge in [-0.1, -0.05) is 23.2 Å². The predicted molar refractivity (Wildman–Crippen MR) is 78.2 cm³/mol. The lowest BCUT2D eigenvalue weighted by molar-refractivity contribution is -0.167. The number of aliphatic hydroxyl groups excluding tert-OH is 1. The van der Waals surface area contributed by atoms with Crippen molar-refractivity contribution in [1.29, 1.82) is 0 Å². The molecule has 0 saturated heterocycles. The molecule has 0 aromatic heterocycles. The Kier molecular flexibility index (Phi) is 6.95. The Morgan fingerprint density at radius 1 is 1.05 bits per heavy atom. The molecule has 0 amide bonds. The van der Waals surface area contributed by atoms with E-state index in [1.54, 1.807) is 13.8 Å². The average molecular weight is 335 g/mol. The Bertz CT molecular complexity index is 480. The van der Waals surface area contributed by atoms with Crippen molar-refractivity contribution in [2.24, 2.45) is 5.92 Å². The van der Waals surface area contributed by atoms with Crippen LogP contribution in [-0.4, -0.2) is 30.3 Å². The Hall–Kier alpha value is -1.30. The Morgan fingerprint density at radius 2 is 1.48 bits per heavy atom. The van der Waals surface area contributed by atoms with Gasteiger partial charge in [0.15, 0.2) is 5.92 Å². The number of carbonyl (C=O) groups is 2. The summed E-state index contributed by atoms with van der Waals surface area (Å²) in [5.41, 5.74) is 0.235. The van der Waals surface area contributed by atoms with Crippen molar-refractivity contribution >= 4 is 35.1 Å². The Labute approximate surface area is 132 Å². The molecule has 0 radical (unpaired) electrons. The molecule has 1 unspecified atom stereocenters. The quantitative estimate of drug-likeness (QED) is 0.639. The summed E-state index contributed by atoms with van der Waals surface area (Å²) in [5.74, 6) is -3.21. The summed E-state index contributed by atoms with van der Waals surface area (Å²) in [7, 11) is 0. The molecule has 1 N–H and O–H groups in total. The van der Waals surface area contributed by atoms with E-state index >= 15 is 0 Å². The van der Waals surface area contributed by atoms with Crippen molar-refractivity contribution in [3.8, 4) is 0 Å². The number of aliphatic hydroxyl groups is 1. The van der Waals surface area contributed by atoms with E-state index in [0.717, 1.165) is 0 Å². The molecule has 1 atom stereocenters. The van der Waals surface area contributed by atoms with Crippen molar-refractivity contribution in [3.63, 3.8) is 0 Å². The van der Waals surface area contributed by atoms with Crippen molar-refractivity contribution < 1.29 is 24.2 Å². The zero-order valence-electron chi connectivity index (χ0n) is 11.6. The Morgan fingerprint density at radius 3 is 1.86 bits per heavy atom. The highest BCUT2D eigenvalue weighted by Crippen LogP contribution is 2.29. The van der Waals surface area contributed by atoms with Gasteiger partial charge in [-0.15, -0.1) is 0 Å². The SMILES string of the molecule is CCOC(=O)C(C(=O)OCC)C(O)c1cc(Cl)cc(Cl)c1. The second kappa shape index (κ2) is 8.22. The smallest absolute Gasteiger partial charge is 0.323 e. The van der Waals surface area contributed by atoms with Crippen LogP contribution >= 0.6 is 23.2 Å². The highest BCUT2D eigenvalue weighted by Gasteiger charge is 2.37. The molecule has 0 aliphatic rings. The molecule has 0 spiro atoms. The second-order valence-corrected chi connectivity index (χ2v) is 5.00. The minimum absolute atomic E-state index is 0.0811. The number of hydrogen-bond donors (Lipinski definition) is 1. The standard InChI is InChI=1S/C14H16Cl2O5/c1-3-20-13(18)11(14(19)21-4-2)12(17)8-5-9(15)7-10(16)6-8/h5-7,11-12,17H,3-4H2,1-2H3. The fraction of sp³-hybridized carbons (Fsp3) is 0.429. The van der Waals surface area contributed by atoms with Gasteiger partial charge in [0.2, 0.25) is 0 Å². The van der Waals surface area contributed by atoms with Gasteiger partial charge in [-0.25, -0.2) is 0 Å². The maximum atomic E-state index is 11.9. The first-order valence-corrected chi connectivity index (χ1v) is 7.13. The van der Waals surface area contributed by atoms with Gasteiger partial charge in [0, 0.05) is 10.0 Å². The molecule has 0 aliphatic carbocycles. The lowest BCUT2D eigenvalue weighted by Gasteiger charge is -2.20. The number of halogens is 2. The van der Waals surface area contributed by atoms with Crippen molar-refractivity contribution in [3.05, 3.63) is 33.8 Å². The van der Waals surface area contributed by atoms with E-state index in [0.29, 0.717) is 0 Å². The summed E-state index contributed by atoms with van der Waals surface area (Å²) in [5, 5.41) is 10.9. The molecule has 0 fully saturated rings. The van der Waals surface area contributed by atoms with Crippen molar-refractivity contribution in [2.75, 3.05) is 13.2 Å². The van der Waals surface area contributed by atoms with Crippen LogP contribution in [0.2, 0.25) is 10.0 Å². The molecule has 7 heteroatoms. The summed E-state index contributed by atoms with van der Waals surface area (Å²) in [4.78, 5) is 23.8. The fourth-order valence-corrected chi connectivity index (χ4v) is 2.30. The lowest BCUT2D eigenvalue weighted by atomic mass is 9.96. The molecule has 0 aliphatic heterocycles. The van der Waals surface area contributed by atoms with Crippen molar-refractivity contribution in [2.45, 2.75) is 20.0 Å². The van der Waals surface area contributed by atoms with Crippen molar-refractivity contribution in [1.82, 2.24) is 0 Å². The summed E-state index contributed by atoms with van der Waals surface area (Å²) in [6, 6.07) is 4.32. The van der Waals surface area contributed by atoms with Crippen LogP contribution in [0, 0.1) is 5.92 Å². The third-order valence-electron chi connectivity index (χ3n) is 2.62. The molecule has 116 valence electrons. The first-order valence-electron chi connectivity index (χ1n) is 6.38. The van der Waals surface area contributed by atoms with Gasteiger partial charge in [-0.05, 0) is 37.6 Å². The summed E-state index contributed by atoms with van der Waals surface area (Å²) in [6.07, 6.45) is -1.46. The second-order valence-electron chi connectivity index (χ2n) is 4.13. The van der Waals surface area contributed by atoms with E-state index in [1.807, 2.05) is 0 Å². The van der Waals surface area contributed by atoms with E-state index in [2.05, 4.69) is 0 Å². The van der Waals surface area contributed by atoms with E-state index in [9.17, 15) is 14.7 Å². The topological polar surface area (TPSA) is 72.8 Å². The van der Waals surface area contributed by atoms with Gasteiger partial charge in [0.1, 0.15) is 6.10 Å². The normalized spacial score (nSPS) is 12.1. The molecule has 1 rings (SSSR count). The molecule has 5 nitrogen and oxygen atoms in total. The molecule has 0 heterocycles. The number of carbonyl (C=O) groups excluding carboxylic acids is 2. The first-order chi connectivity index (χ1) is 9.90. The van der Waals surface area contributed by atoms with Crippen LogP contribution in [0.5, 0.6) is 0 Å². The van der Waals surface area contributed by atoms with Crippen LogP contribution in [0.25, 0.3) is 0 Å². The molecule has 1 aromatic rings. The molecule has 0 bridgehead atoms. The monoisotopic (exact) mass is 334 g/mol. The van der Waals surface area contributed by atoms with Gasteiger partial charge in [0.05, 0.1) is 13.2 Å². The third kappa shape index (κ3) is 4.88. The molecule has 0 saturated carbocycles. The largest absolute Gasteiger partial charge is 0.465 e. The van der Waals surface area contributed by atoms with E-state index in [4.69, 9.17) is 32.7 Å². The maximum Gasteiger partial charge on any atom is 0.323 e. The molecular weight excluding hydrogens is 319 g/mol. The predicted octanol–water partition coefficient (Wildman–Crippen LogP) is 2.77. The van der Waals surface area contributed by atoms with Gasteiger partial charge >= 0.3 is 11.9 Å². The Balaban J connectivity index is 3.11. The zero-order chi connectivity index (χ0) is 16.0. The van der Waals surface area contributed by atoms with Gasteiger partial charge in [-0.2, -0.15) is 0 Å². The average Bonchev–Trinajstić information content (AvgIpc) is 2.38. The van der Waals surface area contributed by atoms with Crippen LogP contribution in [0.4, 0.5) is 0 Å². The number of rotatable bonds is 6. The van der Waals surface area contributed by atoms with Crippen LogP contribution in [0.1, 0.15) is 25.5 Å². The van der Waals surface area contributed by atoms with Crippen LogP contribution < -0.4 is 0 Å². The van der Waals surface area contributed by atoms with Crippen LogP contribution in [0.15, 0.2) is 18.2 Å². The minimum Gasteiger partial charge on any atom is -0.465 e. The molecule has 1 aromatic carbocycles. The lowest BCUT2D eigenvalue weighted by Crippen LogP contribution is -2.33. The van der Waals surface area contributed by atoms with Gasteiger partial charge in [0.25, 0.3) is 0 Å². The first kappa shape index (κ1) is 17.8. The van der Waals surface area contributed by atoms with Gasteiger partial charge in [-0.3, -0.25) is 9.59 Å². The summed E-state index contributed by atoms with van der Waals surface area (Å²) in [6.45, 7) is 3.36. The van der Waals surface area contributed by atoms with E-state index in [1.165, 1.54) is 18.2 Å². The highest BCUT2D eigenvalue weighted by atomic mass is 35.5. The van der Waals surface area contributed by atoms with E-state index in [-0.39, 0.29) is 28.8 Å². The number of esters is 2. The highest BCUT2D eigenvalue weighted by molar-refractivity contribution is 6.34. The van der Waals surface area contributed by atoms with Gasteiger partial charge < -0.3 is 14.6 Å². The number of hydrogen-bond acceptors (Lipinski definition) is 5. The minimum atomic E-state index is -1.49. The fourth-order valence-electron chi connectivity index (χ4n) is 1.76. The number of benzene rings is 1. The summed E-state index contributed by atoms with van der Waals surface area (Å²) >= 11 is 11.7. The molecule has 21 heavy (non-hydrogen) atoms. The zero-order valence-corrected chi connectivity index (χ0v) is 13.1.